The molecule has 1 aromatic carbocycles. The fraction of sp³-hybridized carbons (Fsp3) is 0.0833. The average Bonchev–Trinajstić information content (AvgIpc) is 2.76. The number of aromatic nitrogens is 1. The number of hydrogen-bond acceptors (Lipinski definition) is 4. The molecule has 0 aliphatic carbocycles. The molecule has 1 amide bonds. The van der Waals surface area contributed by atoms with Gasteiger partial charge in [-0.3, -0.25) is 4.79 Å². The number of hydrogen-bond donors (Lipinski definition) is 2. The summed E-state index contributed by atoms with van der Waals surface area (Å²) in [4.78, 5) is 16.8. The highest BCUT2D eigenvalue weighted by Crippen LogP contribution is 2.18. The number of anilines is 1. The van der Waals surface area contributed by atoms with Gasteiger partial charge in [0.1, 0.15) is 9.87 Å². The molecule has 2 aromatic rings. The molecule has 92 valence electrons. The van der Waals surface area contributed by atoms with E-state index in [1.54, 1.807) is 18.3 Å². The van der Waals surface area contributed by atoms with Crippen LogP contribution in [-0.4, -0.2) is 15.9 Å². The number of nitrogens with zero attached hydrogens (tertiary/aromatic N) is 1. The number of carbonyl (C=O) groups excluding carboxylic acids is 1. The number of para-hydroxylation sites is 1. The van der Waals surface area contributed by atoms with Gasteiger partial charge in [-0.2, -0.15) is 0 Å². The van der Waals surface area contributed by atoms with Crippen LogP contribution in [0.2, 0.25) is 0 Å². The van der Waals surface area contributed by atoms with Crippen molar-refractivity contribution in [1.82, 2.24) is 4.98 Å². The maximum Gasteiger partial charge on any atom is 0.267 e. The molecule has 2 rings (SSSR count). The number of carbonyl (C=O) groups is 1. The molecule has 0 saturated carbocycles. The van der Waals surface area contributed by atoms with Crippen LogP contribution in [0, 0.1) is 6.92 Å². The van der Waals surface area contributed by atoms with Crippen molar-refractivity contribution >= 4 is 40.1 Å². The lowest BCUT2D eigenvalue weighted by atomic mass is 10.2. The van der Waals surface area contributed by atoms with Gasteiger partial charge in [-0.05, 0) is 19.1 Å². The van der Waals surface area contributed by atoms with E-state index in [0.29, 0.717) is 16.1 Å². The van der Waals surface area contributed by atoms with Gasteiger partial charge in [0, 0.05) is 5.56 Å². The van der Waals surface area contributed by atoms with Crippen molar-refractivity contribution in [3.05, 3.63) is 45.9 Å². The molecule has 0 radical (unpaired) electrons. The second-order valence-corrected chi connectivity index (χ2v) is 5.28. The van der Waals surface area contributed by atoms with E-state index in [0.717, 1.165) is 5.01 Å². The molecule has 3 N–H and O–H groups in total. The zero-order chi connectivity index (χ0) is 13.1. The van der Waals surface area contributed by atoms with Gasteiger partial charge >= 0.3 is 0 Å². The highest BCUT2D eigenvalue weighted by molar-refractivity contribution is 7.80. The SMILES string of the molecule is Cc1ncc(C(=O)Nc2ccccc2C(N)=S)s1. The summed E-state index contributed by atoms with van der Waals surface area (Å²) in [5, 5.41) is 3.64. The molecule has 0 aliphatic heterocycles. The first kappa shape index (κ1) is 12.7. The van der Waals surface area contributed by atoms with E-state index in [1.807, 2.05) is 19.1 Å². The Morgan fingerprint density at radius 2 is 2.17 bits per heavy atom. The van der Waals surface area contributed by atoms with Crippen LogP contribution in [0.25, 0.3) is 0 Å². The second-order valence-electron chi connectivity index (χ2n) is 3.61. The first-order valence-corrected chi connectivity index (χ1v) is 6.43. The van der Waals surface area contributed by atoms with Gasteiger partial charge in [0.2, 0.25) is 0 Å². The highest BCUT2D eigenvalue weighted by Gasteiger charge is 2.12. The summed E-state index contributed by atoms with van der Waals surface area (Å²) >= 11 is 6.28. The van der Waals surface area contributed by atoms with Gasteiger partial charge in [0.05, 0.1) is 16.9 Å². The van der Waals surface area contributed by atoms with Crippen LogP contribution in [0.3, 0.4) is 0 Å². The number of thiazole rings is 1. The second kappa shape index (κ2) is 5.24. The maximum absolute atomic E-state index is 12.0. The molecule has 0 spiro atoms. The molecular weight excluding hydrogens is 266 g/mol. The maximum atomic E-state index is 12.0. The van der Waals surface area contributed by atoms with E-state index < -0.39 is 0 Å². The van der Waals surface area contributed by atoms with Crippen LogP contribution in [0.1, 0.15) is 20.2 Å². The fourth-order valence-corrected chi connectivity index (χ4v) is 2.31. The van der Waals surface area contributed by atoms with Crippen molar-refractivity contribution in [2.45, 2.75) is 6.92 Å². The number of rotatable bonds is 3. The lowest BCUT2D eigenvalue weighted by Crippen LogP contribution is -2.16. The minimum atomic E-state index is -0.204. The van der Waals surface area contributed by atoms with Crippen molar-refractivity contribution < 1.29 is 4.79 Å². The van der Waals surface area contributed by atoms with E-state index in [2.05, 4.69) is 10.3 Å². The Hall–Kier alpha value is -1.79. The molecule has 1 heterocycles. The Kier molecular flexibility index (Phi) is 3.69. The lowest BCUT2D eigenvalue weighted by molar-refractivity contribution is 0.103. The molecule has 6 heteroatoms. The smallest absolute Gasteiger partial charge is 0.267 e. The van der Waals surface area contributed by atoms with Gasteiger partial charge in [-0.15, -0.1) is 11.3 Å². The van der Waals surface area contributed by atoms with Crippen molar-refractivity contribution in [3.63, 3.8) is 0 Å². The summed E-state index contributed by atoms with van der Waals surface area (Å²) in [7, 11) is 0. The van der Waals surface area contributed by atoms with Crippen molar-refractivity contribution in [3.8, 4) is 0 Å². The average molecular weight is 277 g/mol. The molecular formula is C12H11N3OS2. The lowest BCUT2D eigenvalue weighted by Gasteiger charge is -2.08. The van der Waals surface area contributed by atoms with Crippen LogP contribution in [0.4, 0.5) is 5.69 Å². The van der Waals surface area contributed by atoms with Crippen LogP contribution in [0.5, 0.6) is 0 Å². The topological polar surface area (TPSA) is 68.0 Å². The Morgan fingerprint density at radius 1 is 1.44 bits per heavy atom. The Labute approximate surface area is 114 Å². The van der Waals surface area contributed by atoms with E-state index >= 15 is 0 Å². The first-order chi connectivity index (χ1) is 8.58. The Bertz CT molecular complexity index is 607. The minimum absolute atomic E-state index is 0.204. The summed E-state index contributed by atoms with van der Waals surface area (Å²) in [6.45, 7) is 1.85. The quantitative estimate of drug-likeness (QED) is 0.845. The predicted octanol–water partition coefficient (Wildman–Crippen LogP) is 2.34. The van der Waals surface area contributed by atoms with E-state index in [4.69, 9.17) is 18.0 Å². The van der Waals surface area contributed by atoms with Crippen molar-refractivity contribution in [2.24, 2.45) is 5.73 Å². The monoisotopic (exact) mass is 277 g/mol. The number of aryl methyl sites for hydroxylation is 1. The number of amides is 1. The summed E-state index contributed by atoms with van der Waals surface area (Å²) in [5.74, 6) is -0.204. The molecule has 0 fully saturated rings. The number of nitrogens with two attached hydrogens (primary N) is 1. The van der Waals surface area contributed by atoms with Crippen LogP contribution in [0.15, 0.2) is 30.5 Å². The molecule has 4 nitrogen and oxygen atoms in total. The summed E-state index contributed by atoms with van der Waals surface area (Å²) in [6, 6.07) is 7.17. The third kappa shape index (κ3) is 2.72. The molecule has 0 bridgehead atoms. The highest BCUT2D eigenvalue weighted by atomic mass is 32.1. The summed E-state index contributed by atoms with van der Waals surface area (Å²) < 4.78 is 0. The van der Waals surface area contributed by atoms with Crippen LogP contribution >= 0.6 is 23.6 Å². The van der Waals surface area contributed by atoms with E-state index in [-0.39, 0.29) is 10.9 Å². The zero-order valence-corrected chi connectivity index (χ0v) is 11.3. The minimum Gasteiger partial charge on any atom is -0.389 e. The van der Waals surface area contributed by atoms with Gasteiger partial charge in [-0.1, -0.05) is 24.4 Å². The van der Waals surface area contributed by atoms with Gasteiger partial charge in [-0.25, -0.2) is 4.98 Å². The molecule has 18 heavy (non-hydrogen) atoms. The number of thiocarbonyl (C=S) groups is 1. The summed E-state index contributed by atoms with van der Waals surface area (Å²) in [5.41, 5.74) is 6.87. The van der Waals surface area contributed by atoms with Crippen molar-refractivity contribution in [1.29, 1.82) is 0 Å². The first-order valence-electron chi connectivity index (χ1n) is 5.20. The van der Waals surface area contributed by atoms with Gasteiger partial charge < -0.3 is 11.1 Å². The van der Waals surface area contributed by atoms with Crippen LogP contribution < -0.4 is 11.1 Å². The molecule has 0 aliphatic rings. The Morgan fingerprint density at radius 3 is 2.78 bits per heavy atom. The molecule has 1 aromatic heterocycles. The number of nitrogens with one attached hydrogen (secondary N) is 1. The molecule has 0 saturated heterocycles. The van der Waals surface area contributed by atoms with Crippen molar-refractivity contribution in [2.75, 3.05) is 5.32 Å². The third-order valence-electron chi connectivity index (χ3n) is 2.29. The Balaban J connectivity index is 2.24. The van der Waals surface area contributed by atoms with Crippen LogP contribution in [-0.2, 0) is 0 Å². The van der Waals surface area contributed by atoms with E-state index in [1.165, 1.54) is 11.3 Å². The zero-order valence-electron chi connectivity index (χ0n) is 9.64. The fourth-order valence-electron chi connectivity index (χ4n) is 1.46. The van der Waals surface area contributed by atoms with Gasteiger partial charge in [0.25, 0.3) is 5.91 Å². The largest absolute Gasteiger partial charge is 0.389 e. The number of benzene rings is 1. The standard InChI is InChI=1S/C12H11N3OS2/c1-7-14-6-10(18-7)12(16)15-9-5-3-2-4-8(9)11(13)17/h2-6H,1H3,(H2,13,17)(H,15,16). The molecule has 0 unspecified atom stereocenters. The third-order valence-corrected chi connectivity index (χ3v) is 3.42. The normalized spacial score (nSPS) is 10.1. The molecule has 0 atom stereocenters. The van der Waals surface area contributed by atoms with Gasteiger partial charge in [0.15, 0.2) is 0 Å². The van der Waals surface area contributed by atoms with E-state index in [9.17, 15) is 4.79 Å². The summed E-state index contributed by atoms with van der Waals surface area (Å²) in [6.07, 6.45) is 1.55. The predicted molar refractivity (Wildman–Crippen MR) is 77.1 cm³/mol.